The summed E-state index contributed by atoms with van der Waals surface area (Å²) < 4.78 is 0. The summed E-state index contributed by atoms with van der Waals surface area (Å²) >= 11 is 1.65. The lowest BCUT2D eigenvalue weighted by Gasteiger charge is -2.18. The maximum atomic E-state index is 11.6. The van der Waals surface area contributed by atoms with Crippen LogP contribution in [0.15, 0.2) is 0 Å². The molecule has 1 aliphatic rings. The summed E-state index contributed by atoms with van der Waals surface area (Å²) in [5.41, 5.74) is 0. The van der Waals surface area contributed by atoms with Gasteiger partial charge in [-0.3, -0.25) is 9.59 Å². The molecular weight excluding hydrogens is 200 g/mol. The standard InChI is InChI=1S/C9H16N2O2S/c1-14-6-3-9(13)11-5-2-4-10-8(12)7-11/h2-7H2,1H3,(H,10,12). The summed E-state index contributed by atoms with van der Waals surface area (Å²) in [6, 6.07) is 0. The maximum Gasteiger partial charge on any atom is 0.239 e. The lowest BCUT2D eigenvalue weighted by molar-refractivity contribution is -0.134. The number of hydrogen-bond acceptors (Lipinski definition) is 3. The van der Waals surface area contributed by atoms with Crippen molar-refractivity contribution in [1.29, 1.82) is 0 Å². The van der Waals surface area contributed by atoms with Gasteiger partial charge in [0.25, 0.3) is 0 Å². The average molecular weight is 216 g/mol. The van der Waals surface area contributed by atoms with Crippen molar-refractivity contribution < 1.29 is 9.59 Å². The van der Waals surface area contributed by atoms with Gasteiger partial charge < -0.3 is 10.2 Å². The molecule has 14 heavy (non-hydrogen) atoms. The van der Waals surface area contributed by atoms with Gasteiger partial charge in [0.1, 0.15) is 0 Å². The molecular formula is C9H16N2O2S. The van der Waals surface area contributed by atoms with E-state index in [1.54, 1.807) is 16.7 Å². The molecule has 0 spiro atoms. The van der Waals surface area contributed by atoms with E-state index in [2.05, 4.69) is 5.32 Å². The average Bonchev–Trinajstić information content (AvgIpc) is 2.39. The van der Waals surface area contributed by atoms with E-state index in [0.29, 0.717) is 19.5 Å². The van der Waals surface area contributed by atoms with Gasteiger partial charge in [-0.05, 0) is 12.7 Å². The summed E-state index contributed by atoms with van der Waals surface area (Å²) in [6.07, 6.45) is 3.37. The minimum atomic E-state index is -0.0417. The Kier molecular flexibility index (Phi) is 4.79. The molecule has 4 nitrogen and oxygen atoms in total. The SMILES string of the molecule is CSCCC(=O)N1CCCNC(=O)C1. The Bertz CT molecular complexity index is 221. The molecule has 0 aromatic carbocycles. The Hall–Kier alpha value is -0.710. The van der Waals surface area contributed by atoms with Crippen molar-refractivity contribution in [2.45, 2.75) is 12.8 Å². The fourth-order valence-electron chi connectivity index (χ4n) is 1.37. The summed E-state index contributed by atoms with van der Waals surface area (Å²) in [5.74, 6) is 0.883. The molecule has 0 aromatic rings. The van der Waals surface area contributed by atoms with E-state index >= 15 is 0 Å². The van der Waals surface area contributed by atoms with Crippen molar-refractivity contribution in [2.24, 2.45) is 0 Å². The van der Waals surface area contributed by atoms with Crippen molar-refractivity contribution in [3.8, 4) is 0 Å². The van der Waals surface area contributed by atoms with Crippen molar-refractivity contribution in [3.05, 3.63) is 0 Å². The number of hydrogen-bond donors (Lipinski definition) is 1. The fourth-order valence-corrected chi connectivity index (χ4v) is 1.75. The fraction of sp³-hybridized carbons (Fsp3) is 0.778. The van der Waals surface area contributed by atoms with Gasteiger partial charge in [-0.1, -0.05) is 0 Å². The Labute approximate surface area is 88.4 Å². The highest BCUT2D eigenvalue weighted by molar-refractivity contribution is 7.98. The molecule has 0 aliphatic carbocycles. The minimum Gasteiger partial charge on any atom is -0.354 e. The van der Waals surface area contributed by atoms with E-state index in [0.717, 1.165) is 12.2 Å². The first-order chi connectivity index (χ1) is 6.74. The van der Waals surface area contributed by atoms with Crippen LogP contribution >= 0.6 is 11.8 Å². The van der Waals surface area contributed by atoms with E-state index in [4.69, 9.17) is 0 Å². The lowest BCUT2D eigenvalue weighted by Crippen LogP contribution is -2.37. The van der Waals surface area contributed by atoms with Crippen LogP contribution in [0.2, 0.25) is 0 Å². The van der Waals surface area contributed by atoms with Crippen LogP contribution in [0.1, 0.15) is 12.8 Å². The van der Waals surface area contributed by atoms with Crippen LogP contribution in [0, 0.1) is 0 Å². The molecule has 1 N–H and O–H groups in total. The first-order valence-corrected chi connectivity index (χ1v) is 6.17. The largest absolute Gasteiger partial charge is 0.354 e. The van der Waals surface area contributed by atoms with E-state index < -0.39 is 0 Å². The zero-order valence-electron chi connectivity index (χ0n) is 8.41. The summed E-state index contributed by atoms with van der Waals surface area (Å²) in [6.45, 7) is 1.62. The Morgan fingerprint density at radius 1 is 1.64 bits per heavy atom. The molecule has 0 unspecified atom stereocenters. The third-order valence-corrected chi connectivity index (χ3v) is 2.75. The highest BCUT2D eigenvalue weighted by Gasteiger charge is 2.18. The third-order valence-electron chi connectivity index (χ3n) is 2.13. The Morgan fingerprint density at radius 2 is 2.43 bits per heavy atom. The number of nitrogens with zero attached hydrogens (tertiary/aromatic N) is 1. The van der Waals surface area contributed by atoms with E-state index in [-0.39, 0.29) is 18.4 Å². The molecule has 0 bridgehead atoms. The highest BCUT2D eigenvalue weighted by atomic mass is 32.2. The van der Waals surface area contributed by atoms with Gasteiger partial charge in [-0.15, -0.1) is 0 Å². The van der Waals surface area contributed by atoms with Crippen LogP contribution in [0.5, 0.6) is 0 Å². The second kappa shape index (κ2) is 5.90. The van der Waals surface area contributed by atoms with Crippen LogP contribution in [-0.4, -0.2) is 48.4 Å². The second-order valence-corrected chi connectivity index (χ2v) is 4.25. The first-order valence-electron chi connectivity index (χ1n) is 4.77. The third kappa shape index (κ3) is 3.57. The molecule has 0 atom stereocenters. The summed E-state index contributed by atoms with van der Waals surface area (Å²) in [7, 11) is 0. The van der Waals surface area contributed by atoms with Gasteiger partial charge in [0, 0.05) is 25.3 Å². The van der Waals surface area contributed by atoms with Gasteiger partial charge in [-0.25, -0.2) is 0 Å². The first kappa shape index (κ1) is 11.4. The minimum absolute atomic E-state index is 0.0417. The number of rotatable bonds is 3. The highest BCUT2D eigenvalue weighted by Crippen LogP contribution is 2.03. The van der Waals surface area contributed by atoms with Gasteiger partial charge in [0.2, 0.25) is 11.8 Å². The summed E-state index contributed by atoms with van der Waals surface area (Å²) in [4.78, 5) is 24.4. The number of nitrogens with one attached hydrogen (secondary N) is 1. The van der Waals surface area contributed by atoms with Crippen molar-refractivity contribution in [1.82, 2.24) is 10.2 Å². The molecule has 5 heteroatoms. The molecule has 1 fully saturated rings. The lowest BCUT2D eigenvalue weighted by atomic mass is 10.3. The zero-order valence-corrected chi connectivity index (χ0v) is 9.23. The number of thioether (sulfide) groups is 1. The predicted molar refractivity (Wildman–Crippen MR) is 57.2 cm³/mol. The van der Waals surface area contributed by atoms with Crippen molar-refractivity contribution in [3.63, 3.8) is 0 Å². The number of amides is 2. The zero-order chi connectivity index (χ0) is 10.4. The molecule has 0 saturated carbocycles. The molecule has 0 radical (unpaired) electrons. The van der Waals surface area contributed by atoms with Gasteiger partial charge >= 0.3 is 0 Å². The van der Waals surface area contributed by atoms with E-state index in [9.17, 15) is 9.59 Å². The normalized spacial score (nSPS) is 17.5. The van der Waals surface area contributed by atoms with Crippen LogP contribution in [-0.2, 0) is 9.59 Å². The quantitative estimate of drug-likeness (QED) is 0.727. The molecule has 80 valence electrons. The second-order valence-electron chi connectivity index (χ2n) is 3.26. The molecule has 1 heterocycles. The monoisotopic (exact) mass is 216 g/mol. The van der Waals surface area contributed by atoms with Gasteiger partial charge in [0.05, 0.1) is 6.54 Å². The summed E-state index contributed by atoms with van der Waals surface area (Å²) in [5, 5.41) is 2.75. The molecule has 1 saturated heterocycles. The van der Waals surface area contributed by atoms with Crippen molar-refractivity contribution >= 4 is 23.6 Å². The number of carbonyl (C=O) groups excluding carboxylic acids is 2. The molecule has 1 aliphatic heterocycles. The number of carbonyl (C=O) groups is 2. The molecule has 2 amide bonds. The Morgan fingerprint density at radius 3 is 3.14 bits per heavy atom. The topological polar surface area (TPSA) is 49.4 Å². The van der Waals surface area contributed by atoms with Crippen LogP contribution < -0.4 is 5.32 Å². The van der Waals surface area contributed by atoms with E-state index in [1.807, 2.05) is 6.26 Å². The van der Waals surface area contributed by atoms with Crippen LogP contribution in [0.25, 0.3) is 0 Å². The van der Waals surface area contributed by atoms with Gasteiger partial charge in [-0.2, -0.15) is 11.8 Å². The molecule has 0 aromatic heterocycles. The Balaban J connectivity index is 2.40. The van der Waals surface area contributed by atoms with Gasteiger partial charge in [0.15, 0.2) is 0 Å². The predicted octanol–water partition coefficient (Wildman–Crippen LogP) is 0.0880. The van der Waals surface area contributed by atoms with Crippen LogP contribution in [0.3, 0.4) is 0 Å². The van der Waals surface area contributed by atoms with Crippen LogP contribution in [0.4, 0.5) is 0 Å². The van der Waals surface area contributed by atoms with Crippen molar-refractivity contribution in [2.75, 3.05) is 31.6 Å². The maximum absolute atomic E-state index is 11.6. The smallest absolute Gasteiger partial charge is 0.239 e. The molecule has 1 rings (SSSR count). The van der Waals surface area contributed by atoms with E-state index in [1.165, 1.54) is 0 Å².